The zero-order valence-electron chi connectivity index (χ0n) is 8.55. The second-order valence-corrected chi connectivity index (χ2v) is 3.29. The van der Waals surface area contributed by atoms with Gasteiger partial charge < -0.3 is 10.1 Å². The molecule has 5 heteroatoms. The lowest BCUT2D eigenvalue weighted by Gasteiger charge is -1.98. The van der Waals surface area contributed by atoms with Crippen LogP contribution in [0.2, 0.25) is 0 Å². The van der Waals surface area contributed by atoms with Crippen LogP contribution < -0.4 is 0 Å². The highest BCUT2D eigenvalue weighted by atomic mass is 16.4. The number of carboxylic acid groups (broad SMARTS) is 1. The molecule has 0 radical (unpaired) electrons. The predicted molar refractivity (Wildman–Crippen MR) is 59.2 cm³/mol. The molecule has 0 aliphatic carbocycles. The highest BCUT2D eigenvalue weighted by Gasteiger charge is 2.14. The van der Waals surface area contributed by atoms with E-state index in [2.05, 4.69) is 16.7 Å². The largest absolute Gasteiger partial charge is 0.477 e. The van der Waals surface area contributed by atoms with E-state index < -0.39 is 5.97 Å². The number of nitrogens with zero attached hydrogens (tertiary/aromatic N) is 2. The molecule has 2 aromatic heterocycles. The topological polar surface area (TPSA) is 70.9 Å². The molecule has 0 amide bonds. The van der Waals surface area contributed by atoms with Crippen molar-refractivity contribution in [2.24, 2.45) is 0 Å². The van der Waals surface area contributed by atoms with Crippen molar-refractivity contribution >= 4 is 5.97 Å². The second-order valence-electron chi connectivity index (χ2n) is 3.29. The summed E-state index contributed by atoms with van der Waals surface area (Å²) in [6.45, 7) is 3.95. The van der Waals surface area contributed by atoms with Gasteiger partial charge in [0.05, 0.1) is 12.2 Å². The van der Waals surface area contributed by atoms with Crippen LogP contribution in [0.1, 0.15) is 10.5 Å². The van der Waals surface area contributed by atoms with Gasteiger partial charge in [-0.15, -0.1) is 6.58 Å². The van der Waals surface area contributed by atoms with Crippen molar-refractivity contribution in [3.8, 4) is 11.3 Å². The summed E-state index contributed by atoms with van der Waals surface area (Å²) in [5.74, 6) is -0.990. The summed E-state index contributed by atoms with van der Waals surface area (Å²) in [4.78, 5) is 13.9. The van der Waals surface area contributed by atoms with E-state index in [1.165, 1.54) is 4.68 Å². The minimum Gasteiger partial charge on any atom is -0.477 e. The molecule has 2 rings (SSSR count). The highest BCUT2D eigenvalue weighted by molar-refractivity contribution is 5.87. The standard InChI is InChI=1S/C11H11N3O2/c1-2-5-14-10(11(15)16)6-9(13-14)8-3-4-12-7-8/h2-4,6-7,12H,1,5H2,(H,15,16). The number of carbonyl (C=O) groups is 1. The van der Waals surface area contributed by atoms with E-state index in [0.717, 1.165) is 5.56 Å². The Morgan fingerprint density at radius 2 is 2.50 bits per heavy atom. The molecule has 0 spiro atoms. The minimum absolute atomic E-state index is 0.163. The van der Waals surface area contributed by atoms with Crippen LogP contribution in [0.3, 0.4) is 0 Å². The first-order valence-corrected chi connectivity index (χ1v) is 4.77. The number of allylic oxidation sites excluding steroid dienone is 1. The summed E-state index contributed by atoms with van der Waals surface area (Å²) in [6, 6.07) is 3.39. The van der Waals surface area contributed by atoms with Crippen LogP contribution in [0.15, 0.2) is 37.2 Å². The average molecular weight is 217 g/mol. The van der Waals surface area contributed by atoms with Crippen molar-refractivity contribution in [1.82, 2.24) is 14.8 Å². The third-order valence-electron chi connectivity index (χ3n) is 2.19. The van der Waals surface area contributed by atoms with Gasteiger partial charge in [0.15, 0.2) is 0 Å². The number of carboxylic acids is 1. The van der Waals surface area contributed by atoms with Crippen molar-refractivity contribution in [3.63, 3.8) is 0 Å². The van der Waals surface area contributed by atoms with Crippen molar-refractivity contribution in [2.75, 3.05) is 0 Å². The van der Waals surface area contributed by atoms with E-state index in [9.17, 15) is 4.79 Å². The van der Waals surface area contributed by atoms with Crippen LogP contribution in [0, 0.1) is 0 Å². The lowest BCUT2D eigenvalue weighted by atomic mass is 10.2. The van der Waals surface area contributed by atoms with Crippen LogP contribution in [0.5, 0.6) is 0 Å². The quantitative estimate of drug-likeness (QED) is 0.766. The maximum atomic E-state index is 11.0. The maximum absolute atomic E-state index is 11.0. The van der Waals surface area contributed by atoms with E-state index in [1.54, 1.807) is 24.5 Å². The molecule has 0 bridgehead atoms. The summed E-state index contributed by atoms with van der Waals surface area (Å²) in [5, 5.41) is 13.2. The molecule has 0 unspecified atom stereocenters. The third-order valence-corrected chi connectivity index (χ3v) is 2.19. The van der Waals surface area contributed by atoms with Gasteiger partial charge in [-0.2, -0.15) is 5.10 Å². The predicted octanol–water partition coefficient (Wildman–Crippen LogP) is 1.76. The monoisotopic (exact) mass is 217 g/mol. The number of aromatic nitrogens is 3. The Balaban J connectivity index is 2.46. The fourth-order valence-corrected chi connectivity index (χ4v) is 1.47. The highest BCUT2D eigenvalue weighted by Crippen LogP contribution is 2.18. The number of nitrogens with one attached hydrogen (secondary N) is 1. The first-order valence-electron chi connectivity index (χ1n) is 4.77. The number of hydrogen-bond acceptors (Lipinski definition) is 2. The Morgan fingerprint density at radius 3 is 3.06 bits per heavy atom. The molecule has 16 heavy (non-hydrogen) atoms. The summed E-state index contributed by atoms with van der Waals surface area (Å²) in [7, 11) is 0. The molecule has 2 aromatic rings. The molecule has 0 aromatic carbocycles. The molecule has 0 saturated heterocycles. The van der Waals surface area contributed by atoms with E-state index in [4.69, 9.17) is 5.11 Å². The fraction of sp³-hybridized carbons (Fsp3) is 0.0909. The van der Waals surface area contributed by atoms with Crippen molar-refractivity contribution in [2.45, 2.75) is 6.54 Å². The average Bonchev–Trinajstić information content (AvgIpc) is 2.83. The fourth-order valence-electron chi connectivity index (χ4n) is 1.47. The summed E-state index contributed by atoms with van der Waals surface area (Å²) in [6.07, 6.45) is 5.15. The van der Waals surface area contributed by atoms with Crippen molar-refractivity contribution < 1.29 is 9.90 Å². The Labute approximate surface area is 92.0 Å². The van der Waals surface area contributed by atoms with Crippen LogP contribution >= 0.6 is 0 Å². The first-order chi connectivity index (χ1) is 7.72. The smallest absolute Gasteiger partial charge is 0.354 e. The molecular weight excluding hydrogens is 206 g/mol. The van der Waals surface area contributed by atoms with Gasteiger partial charge in [-0.05, 0) is 12.1 Å². The Kier molecular flexibility index (Phi) is 2.59. The van der Waals surface area contributed by atoms with Gasteiger partial charge in [-0.1, -0.05) is 6.08 Å². The number of rotatable bonds is 4. The first kappa shape index (κ1) is 10.2. The third kappa shape index (κ3) is 1.75. The maximum Gasteiger partial charge on any atom is 0.354 e. The van der Waals surface area contributed by atoms with Crippen molar-refractivity contribution in [1.29, 1.82) is 0 Å². The normalized spacial score (nSPS) is 10.2. The SMILES string of the molecule is C=CCn1nc(-c2cc[nH]c2)cc1C(=O)O. The van der Waals surface area contributed by atoms with E-state index >= 15 is 0 Å². The zero-order valence-corrected chi connectivity index (χ0v) is 8.55. The van der Waals surface area contributed by atoms with Gasteiger partial charge in [0.2, 0.25) is 0 Å². The molecule has 0 saturated carbocycles. The molecular formula is C11H11N3O2. The van der Waals surface area contributed by atoms with Gasteiger partial charge in [-0.25, -0.2) is 4.79 Å². The minimum atomic E-state index is -0.990. The summed E-state index contributed by atoms with van der Waals surface area (Å²) >= 11 is 0. The van der Waals surface area contributed by atoms with Gasteiger partial charge >= 0.3 is 5.97 Å². The molecule has 0 atom stereocenters. The molecule has 2 heterocycles. The summed E-state index contributed by atoms with van der Waals surface area (Å²) in [5.41, 5.74) is 1.67. The molecule has 82 valence electrons. The number of H-pyrrole nitrogens is 1. The van der Waals surface area contributed by atoms with Crippen LogP contribution in [0.25, 0.3) is 11.3 Å². The van der Waals surface area contributed by atoms with Gasteiger partial charge in [0.25, 0.3) is 0 Å². The Bertz CT molecular complexity index is 511. The second kappa shape index (κ2) is 4.06. The molecule has 2 N–H and O–H groups in total. The molecule has 0 aliphatic rings. The van der Waals surface area contributed by atoms with Crippen LogP contribution in [-0.4, -0.2) is 25.8 Å². The lowest BCUT2D eigenvalue weighted by molar-refractivity contribution is 0.0684. The number of hydrogen-bond donors (Lipinski definition) is 2. The van der Waals surface area contributed by atoms with E-state index in [-0.39, 0.29) is 5.69 Å². The van der Waals surface area contributed by atoms with E-state index in [0.29, 0.717) is 12.2 Å². The van der Waals surface area contributed by atoms with E-state index in [1.807, 2.05) is 6.07 Å². The summed E-state index contributed by atoms with van der Waals surface area (Å²) < 4.78 is 1.41. The van der Waals surface area contributed by atoms with Gasteiger partial charge in [0.1, 0.15) is 5.69 Å². The molecule has 5 nitrogen and oxygen atoms in total. The number of aromatic carboxylic acids is 1. The van der Waals surface area contributed by atoms with Gasteiger partial charge in [0, 0.05) is 18.0 Å². The Hall–Kier alpha value is -2.30. The number of aromatic amines is 1. The Morgan fingerprint density at radius 1 is 1.69 bits per heavy atom. The lowest BCUT2D eigenvalue weighted by Crippen LogP contribution is -2.08. The molecule has 0 aliphatic heterocycles. The van der Waals surface area contributed by atoms with Crippen LogP contribution in [0.4, 0.5) is 0 Å². The van der Waals surface area contributed by atoms with Crippen molar-refractivity contribution in [3.05, 3.63) is 42.9 Å². The van der Waals surface area contributed by atoms with Crippen LogP contribution in [-0.2, 0) is 6.54 Å². The molecule has 0 fully saturated rings. The van der Waals surface area contributed by atoms with Gasteiger partial charge in [-0.3, -0.25) is 4.68 Å². The zero-order chi connectivity index (χ0) is 11.5.